The fraction of sp³-hybridized carbons (Fsp3) is 0.765. The summed E-state index contributed by atoms with van der Waals surface area (Å²) in [7, 11) is 0. The van der Waals surface area contributed by atoms with Crippen LogP contribution in [0.5, 0.6) is 0 Å². The second-order valence-electron chi connectivity index (χ2n) is 7.29. The topological polar surface area (TPSA) is 72.8 Å². The summed E-state index contributed by atoms with van der Waals surface area (Å²) >= 11 is 0. The number of hydrogen-bond acceptors (Lipinski definition) is 5. The molecule has 1 saturated heterocycles. The van der Waals surface area contributed by atoms with Gasteiger partial charge >= 0.3 is 11.9 Å². The first-order chi connectivity index (χ1) is 10.2. The molecular weight excluding hydrogens is 284 g/mol. The Morgan fingerprint density at radius 1 is 1.41 bits per heavy atom. The molecule has 22 heavy (non-hydrogen) atoms. The van der Waals surface area contributed by atoms with Gasteiger partial charge in [-0.25, -0.2) is 0 Å². The molecule has 1 heterocycles. The second-order valence-corrected chi connectivity index (χ2v) is 7.29. The summed E-state index contributed by atoms with van der Waals surface area (Å²) in [6.07, 6.45) is 4.11. The van der Waals surface area contributed by atoms with Crippen molar-refractivity contribution in [3.05, 3.63) is 12.2 Å². The molecule has 5 nitrogen and oxygen atoms in total. The highest BCUT2D eigenvalue weighted by atomic mass is 16.6. The zero-order valence-electron chi connectivity index (χ0n) is 13.5. The van der Waals surface area contributed by atoms with Crippen LogP contribution in [0.3, 0.4) is 0 Å². The Morgan fingerprint density at radius 3 is 2.73 bits per heavy atom. The van der Waals surface area contributed by atoms with Gasteiger partial charge in [0.15, 0.2) is 0 Å². The van der Waals surface area contributed by atoms with Gasteiger partial charge in [-0.15, -0.1) is 0 Å². The van der Waals surface area contributed by atoms with E-state index in [4.69, 9.17) is 9.47 Å². The molecule has 3 aliphatic rings. The van der Waals surface area contributed by atoms with Gasteiger partial charge in [-0.05, 0) is 31.8 Å². The van der Waals surface area contributed by atoms with Crippen LogP contribution in [0.1, 0.15) is 40.5 Å². The summed E-state index contributed by atoms with van der Waals surface area (Å²) in [5.74, 6) is -0.750. The van der Waals surface area contributed by atoms with Crippen molar-refractivity contribution in [3.63, 3.8) is 0 Å². The van der Waals surface area contributed by atoms with Gasteiger partial charge in [0.2, 0.25) is 0 Å². The van der Waals surface area contributed by atoms with Crippen LogP contribution in [-0.2, 0) is 19.1 Å². The second kappa shape index (κ2) is 4.82. The maximum atomic E-state index is 12.1. The van der Waals surface area contributed by atoms with E-state index in [2.05, 4.69) is 0 Å². The Morgan fingerprint density at radius 2 is 2.09 bits per heavy atom. The van der Waals surface area contributed by atoms with Crippen LogP contribution in [0.15, 0.2) is 12.2 Å². The summed E-state index contributed by atoms with van der Waals surface area (Å²) in [4.78, 5) is 23.5. The summed E-state index contributed by atoms with van der Waals surface area (Å²) in [5.41, 5.74) is -1.99. The number of fused-ring (bicyclic) bond motifs is 3. The molecule has 0 aromatic carbocycles. The van der Waals surface area contributed by atoms with Crippen LogP contribution in [0.2, 0.25) is 0 Å². The summed E-state index contributed by atoms with van der Waals surface area (Å²) in [6.45, 7) is 7.13. The van der Waals surface area contributed by atoms with E-state index in [0.29, 0.717) is 0 Å². The average Bonchev–Trinajstić information content (AvgIpc) is 2.84. The van der Waals surface area contributed by atoms with Crippen LogP contribution >= 0.6 is 0 Å². The molecule has 2 fully saturated rings. The van der Waals surface area contributed by atoms with E-state index in [1.54, 1.807) is 12.2 Å². The standard InChI is InChI=1S/C17H24O5/c1-9-5-6-12-10(2)15(19)22-14(12)16(4)13(21-11(3)18)7-8-17(9,16)20/h7-10,12-14,20H,5-6H2,1-4H3/t9-,10-,12-,13-,14+,16-,17+/m0/s1. The maximum Gasteiger partial charge on any atom is 0.309 e. The van der Waals surface area contributed by atoms with E-state index in [1.165, 1.54) is 6.92 Å². The third-order valence-electron chi connectivity index (χ3n) is 6.19. The number of hydrogen-bond donors (Lipinski definition) is 1. The maximum absolute atomic E-state index is 12.1. The minimum absolute atomic E-state index is 0.00538. The summed E-state index contributed by atoms with van der Waals surface area (Å²) < 4.78 is 11.1. The lowest BCUT2D eigenvalue weighted by Gasteiger charge is -2.47. The van der Waals surface area contributed by atoms with Gasteiger partial charge in [0.1, 0.15) is 12.2 Å². The van der Waals surface area contributed by atoms with Crippen LogP contribution in [0.4, 0.5) is 0 Å². The van der Waals surface area contributed by atoms with Gasteiger partial charge in [0.25, 0.3) is 0 Å². The van der Waals surface area contributed by atoms with E-state index in [1.807, 2.05) is 20.8 Å². The molecule has 0 aromatic heterocycles. The molecule has 1 N–H and O–H groups in total. The predicted molar refractivity (Wildman–Crippen MR) is 78.7 cm³/mol. The molecule has 0 bridgehead atoms. The van der Waals surface area contributed by atoms with Crippen molar-refractivity contribution >= 4 is 11.9 Å². The molecule has 1 saturated carbocycles. The van der Waals surface area contributed by atoms with Gasteiger partial charge in [-0.2, -0.15) is 0 Å². The molecule has 2 aliphatic carbocycles. The Labute approximate surface area is 130 Å². The quantitative estimate of drug-likeness (QED) is 0.591. The van der Waals surface area contributed by atoms with Crippen molar-refractivity contribution in [1.29, 1.82) is 0 Å². The lowest BCUT2D eigenvalue weighted by molar-refractivity contribution is -0.187. The first kappa shape index (κ1) is 15.5. The lowest BCUT2D eigenvalue weighted by Crippen LogP contribution is -2.58. The van der Waals surface area contributed by atoms with Gasteiger partial charge in [0, 0.05) is 12.8 Å². The highest BCUT2D eigenvalue weighted by Crippen LogP contribution is 2.58. The van der Waals surface area contributed by atoms with Gasteiger partial charge in [-0.3, -0.25) is 9.59 Å². The molecule has 122 valence electrons. The van der Waals surface area contributed by atoms with Gasteiger partial charge in [0.05, 0.1) is 16.9 Å². The third-order valence-corrected chi connectivity index (χ3v) is 6.19. The fourth-order valence-electron chi connectivity index (χ4n) is 4.65. The molecular formula is C17H24O5. The van der Waals surface area contributed by atoms with Crippen LogP contribution in [0, 0.1) is 23.2 Å². The van der Waals surface area contributed by atoms with Crippen molar-refractivity contribution in [2.45, 2.75) is 58.3 Å². The summed E-state index contributed by atoms with van der Waals surface area (Å²) in [5, 5.41) is 11.4. The molecule has 1 aliphatic heterocycles. The van der Waals surface area contributed by atoms with E-state index < -0.39 is 29.2 Å². The first-order valence-corrected chi connectivity index (χ1v) is 8.01. The smallest absolute Gasteiger partial charge is 0.309 e. The molecule has 0 aromatic rings. The van der Waals surface area contributed by atoms with Crippen LogP contribution in [0.25, 0.3) is 0 Å². The normalized spacial score (nSPS) is 50.0. The molecule has 3 rings (SSSR count). The Hall–Kier alpha value is -1.36. The van der Waals surface area contributed by atoms with Crippen LogP contribution < -0.4 is 0 Å². The predicted octanol–water partition coefficient (Wildman–Crippen LogP) is 1.83. The number of esters is 2. The molecule has 0 amide bonds. The SMILES string of the molecule is CC(=O)O[C@H]1C=C[C@@]2(O)[C@@H](C)CC[C@H]3[C@H](C)C(=O)O[C@H]3[C@]12C. The largest absolute Gasteiger partial charge is 0.461 e. The summed E-state index contributed by atoms with van der Waals surface area (Å²) in [6, 6.07) is 0. The molecule has 0 radical (unpaired) electrons. The van der Waals surface area contributed by atoms with E-state index in [-0.39, 0.29) is 23.7 Å². The van der Waals surface area contributed by atoms with Gasteiger partial charge in [-0.1, -0.05) is 19.9 Å². The highest BCUT2D eigenvalue weighted by Gasteiger charge is 2.67. The van der Waals surface area contributed by atoms with Crippen molar-refractivity contribution in [1.82, 2.24) is 0 Å². The lowest BCUT2D eigenvalue weighted by atomic mass is 9.64. The van der Waals surface area contributed by atoms with Crippen molar-refractivity contribution in [2.75, 3.05) is 0 Å². The van der Waals surface area contributed by atoms with E-state index >= 15 is 0 Å². The Balaban J connectivity index is 2.08. The number of rotatable bonds is 1. The van der Waals surface area contributed by atoms with Gasteiger partial charge < -0.3 is 14.6 Å². The highest BCUT2D eigenvalue weighted by molar-refractivity contribution is 5.75. The van der Waals surface area contributed by atoms with E-state index in [0.717, 1.165) is 12.8 Å². The first-order valence-electron chi connectivity index (χ1n) is 8.01. The number of ether oxygens (including phenoxy) is 2. The number of carbonyl (C=O) groups excluding carboxylic acids is 2. The van der Waals surface area contributed by atoms with Crippen molar-refractivity contribution in [2.24, 2.45) is 23.2 Å². The Bertz CT molecular complexity index is 541. The molecule has 0 spiro atoms. The molecule has 7 atom stereocenters. The van der Waals surface area contributed by atoms with Crippen LogP contribution in [-0.4, -0.2) is 34.9 Å². The minimum atomic E-state index is -1.14. The monoisotopic (exact) mass is 308 g/mol. The minimum Gasteiger partial charge on any atom is -0.461 e. The number of aliphatic hydroxyl groups is 1. The third kappa shape index (κ3) is 1.81. The van der Waals surface area contributed by atoms with Crippen molar-refractivity contribution in [3.8, 4) is 0 Å². The number of carbonyl (C=O) groups is 2. The van der Waals surface area contributed by atoms with E-state index in [9.17, 15) is 14.7 Å². The van der Waals surface area contributed by atoms with Crippen molar-refractivity contribution < 1.29 is 24.2 Å². The zero-order valence-corrected chi connectivity index (χ0v) is 13.5. The molecule has 5 heteroatoms. The molecule has 0 unspecified atom stereocenters. The Kier molecular flexibility index (Phi) is 3.40. The average molecular weight is 308 g/mol. The fourth-order valence-corrected chi connectivity index (χ4v) is 4.65. The zero-order chi connectivity index (χ0) is 16.3.